The molecule has 2 unspecified atom stereocenters. The molecule has 0 spiro atoms. The van der Waals surface area contributed by atoms with E-state index in [0.717, 1.165) is 5.56 Å². The molecule has 7 heteroatoms. The Labute approximate surface area is 134 Å². The van der Waals surface area contributed by atoms with Crippen molar-refractivity contribution >= 4 is 26.0 Å². The second kappa shape index (κ2) is 6.75. The number of rotatable bonds is 4. The molecular formula is C14H21BrN2O3S. The number of hydrogen-bond acceptors (Lipinski definition) is 4. The molecule has 1 fully saturated rings. The van der Waals surface area contributed by atoms with Gasteiger partial charge in [0.1, 0.15) is 0 Å². The van der Waals surface area contributed by atoms with Gasteiger partial charge in [-0.3, -0.25) is 0 Å². The molecule has 1 aromatic rings. The van der Waals surface area contributed by atoms with E-state index in [-0.39, 0.29) is 12.1 Å². The minimum atomic E-state index is -3.55. The lowest BCUT2D eigenvalue weighted by Crippen LogP contribution is -2.51. The fraction of sp³-hybridized carbons (Fsp3) is 0.571. The smallest absolute Gasteiger partial charge is 0.244 e. The van der Waals surface area contributed by atoms with Crippen LogP contribution in [-0.4, -0.2) is 45.1 Å². The van der Waals surface area contributed by atoms with Crippen LogP contribution in [0.5, 0.6) is 0 Å². The van der Waals surface area contributed by atoms with Crippen molar-refractivity contribution in [1.82, 2.24) is 4.31 Å². The zero-order valence-electron chi connectivity index (χ0n) is 12.3. The molecule has 118 valence electrons. The zero-order valence-corrected chi connectivity index (χ0v) is 14.7. The first-order valence-electron chi connectivity index (χ1n) is 6.91. The van der Waals surface area contributed by atoms with Gasteiger partial charge < -0.3 is 10.5 Å². The van der Waals surface area contributed by atoms with Crippen LogP contribution in [0.2, 0.25) is 0 Å². The Morgan fingerprint density at radius 2 is 2.19 bits per heavy atom. The Kier molecular flexibility index (Phi) is 5.43. The van der Waals surface area contributed by atoms with Crippen molar-refractivity contribution in [2.45, 2.75) is 36.8 Å². The number of nitrogens with zero attached hydrogens (tertiary/aromatic N) is 1. The SMILES string of the molecule is COC1CCN(S(=O)(=O)c2ccc(C)cc2Br)C(CN)C1. The minimum Gasteiger partial charge on any atom is -0.381 e. The molecular weight excluding hydrogens is 356 g/mol. The molecule has 2 N–H and O–H groups in total. The van der Waals surface area contributed by atoms with Gasteiger partial charge in [0.05, 0.1) is 11.0 Å². The minimum absolute atomic E-state index is 0.0754. The normalized spacial score (nSPS) is 24.2. The van der Waals surface area contributed by atoms with E-state index in [4.69, 9.17) is 10.5 Å². The Bertz CT molecular complexity index is 606. The molecule has 21 heavy (non-hydrogen) atoms. The number of aryl methyl sites for hydroxylation is 1. The van der Waals surface area contributed by atoms with Crippen LogP contribution in [0, 0.1) is 6.92 Å². The molecule has 2 rings (SSSR count). The average molecular weight is 377 g/mol. The predicted molar refractivity (Wildman–Crippen MR) is 85.6 cm³/mol. The fourth-order valence-electron chi connectivity index (χ4n) is 2.68. The maximum Gasteiger partial charge on any atom is 0.244 e. The molecule has 1 aliphatic rings. The third-order valence-corrected chi connectivity index (χ3v) is 6.82. The topological polar surface area (TPSA) is 72.6 Å². The van der Waals surface area contributed by atoms with E-state index in [1.165, 1.54) is 4.31 Å². The van der Waals surface area contributed by atoms with Crippen LogP contribution in [0.3, 0.4) is 0 Å². The molecule has 1 aromatic carbocycles. The third kappa shape index (κ3) is 3.48. The van der Waals surface area contributed by atoms with Crippen molar-refractivity contribution in [3.8, 4) is 0 Å². The Balaban J connectivity index is 2.34. The number of nitrogens with two attached hydrogens (primary N) is 1. The lowest BCUT2D eigenvalue weighted by Gasteiger charge is -2.37. The van der Waals surface area contributed by atoms with Gasteiger partial charge in [0.25, 0.3) is 0 Å². The van der Waals surface area contributed by atoms with Crippen molar-refractivity contribution in [2.24, 2.45) is 5.73 Å². The van der Waals surface area contributed by atoms with Crippen molar-refractivity contribution in [3.05, 3.63) is 28.2 Å². The van der Waals surface area contributed by atoms with Crippen LogP contribution < -0.4 is 5.73 Å². The van der Waals surface area contributed by atoms with Gasteiger partial charge in [-0.1, -0.05) is 6.07 Å². The summed E-state index contributed by atoms with van der Waals surface area (Å²) in [6.07, 6.45) is 1.40. The van der Waals surface area contributed by atoms with Crippen molar-refractivity contribution in [1.29, 1.82) is 0 Å². The zero-order chi connectivity index (χ0) is 15.6. The van der Waals surface area contributed by atoms with Crippen molar-refractivity contribution in [3.63, 3.8) is 0 Å². The molecule has 0 radical (unpaired) electrons. The van der Waals surface area contributed by atoms with Crippen LogP contribution in [0.15, 0.2) is 27.6 Å². The van der Waals surface area contributed by atoms with Gasteiger partial charge in [-0.05, 0) is 53.4 Å². The van der Waals surface area contributed by atoms with Gasteiger partial charge in [0.15, 0.2) is 0 Å². The molecule has 0 bridgehead atoms. The van der Waals surface area contributed by atoms with E-state index >= 15 is 0 Å². The number of hydrogen-bond donors (Lipinski definition) is 1. The van der Waals surface area contributed by atoms with E-state index in [1.807, 2.05) is 13.0 Å². The summed E-state index contributed by atoms with van der Waals surface area (Å²) in [5, 5.41) is 0. The summed E-state index contributed by atoms with van der Waals surface area (Å²) in [5.74, 6) is 0. The van der Waals surface area contributed by atoms with Crippen molar-refractivity contribution < 1.29 is 13.2 Å². The average Bonchev–Trinajstić information content (AvgIpc) is 2.46. The highest BCUT2D eigenvalue weighted by Gasteiger charge is 2.37. The van der Waals surface area contributed by atoms with Crippen LogP contribution >= 0.6 is 15.9 Å². The molecule has 1 heterocycles. The maximum absolute atomic E-state index is 12.9. The third-order valence-electron chi connectivity index (χ3n) is 3.89. The molecule has 2 atom stereocenters. The van der Waals surface area contributed by atoms with Crippen LogP contribution in [0.25, 0.3) is 0 Å². The second-order valence-electron chi connectivity index (χ2n) is 5.32. The Morgan fingerprint density at radius 1 is 1.48 bits per heavy atom. The van der Waals surface area contributed by atoms with Gasteiger partial charge in [0.2, 0.25) is 10.0 Å². The number of sulfonamides is 1. The molecule has 0 saturated carbocycles. The highest BCUT2D eigenvalue weighted by molar-refractivity contribution is 9.10. The fourth-order valence-corrected chi connectivity index (χ4v) is 5.49. The second-order valence-corrected chi connectivity index (χ2v) is 8.03. The first kappa shape index (κ1) is 16.9. The Hall–Kier alpha value is -0.470. The van der Waals surface area contributed by atoms with E-state index in [9.17, 15) is 8.42 Å². The number of ether oxygens (including phenoxy) is 1. The summed E-state index contributed by atoms with van der Waals surface area (Å²) in [5.41, 5.74) is 6.78. The van der Waals surface area contributed by atoms with Crippen LogP contribution in [0.4, 0.5) is 0 Å². The summed E-state index contributed by atoms with van der Waals surface area (Å²) in [6.45, 7) is 2.65. The maximum atomic E-state index is 12.9. The monoisotopic (exact) mass is 376 g/mol. The quantitative estimate of drug-likeness (QED) is 0.870. The van der Waals surface area contributed by atoms with Gasteiger partial charge in [-0.15, -0.1) is 0 Å². The lowest BCUT2D eigenvalue weighted by atomic mass is 10.0. The summed E-state index contributed by atoms with van der Waals surface area (Å²) in [7, 11) is -1.90. The number of piperidine rings is 1. The molecule has 0 amide bonds. The van der Waals surface area contributed by atoms with Gasteiger partial charge >= 0.3 is 0 Å². The number of benzene rings is 1. The highest BCUT2D eigenvalue weighted by Crippen LogP contribution is 2.30. The molecule has 0 aromatic heterocycles. The molecule has 1 saturated heterocycles. The lowest BCUT2D eigenvalue weighted by molar-refractivity contribution is 0.0401. The number of halogens is 1. The molecule has 1 aliphatic heterocycles. The molecule has 5 nitrogen and oxygen atoms in total. The summed E-state index contributed by atoms with van der Waals surface area (Å²) < 4.78 is 33.2. The highest BCUT2D eigenvalue weighted by atomic mass is 79.9. The van der Waals surface area contributed by atoms with E-state index in [2.05, 4.69) is 15.9 Å². The standard InChI is InChI=1S/C14H21BrN2O3S/c1-10-3-4-14(13(15)7-10)21(18,19)17-6-5-12(20-2)8-11(17)9-16/h3-4,7,11-12H,5-6,8-9,16H2,1-2H3. The van der Waals surface area contributed by atoms with Crippen LogP contribution in [-0.2, 0) is 14.8 Å². The van der Waals surface area contributed by atoms with Gasteiger partial charge in [-0.2, -0.15) is 4.31 Å². The van der Waals surface area contributed by atoms with E-state index in [0.29, 0.717) is 35.3 Å². The van der Waals surface area contributed by atoms with E-state index < -0.39 is 10.0 Å². The van der Waals surface area contributed by atoms with Crippen LogP contribution in [0.1, 0.15) is 18.4 Å². The first-order chi connectivity index (χ1) is 9.90. The predicted octanol–water partition coefficient (Wildman–Crippen LogP) is 1.88. The van der Waals surface area contributed by atoms with Crippen molar-refractivity contribution in [2.75, 3.05) is 20.2 Å². The summed E-state index contributed by atoms with van der Waals surface area (Å²) in [4.78, 5) is 0.294. The van der Waals surface area contributed by atoms with E-state index in [1.54, 1.807) is 19.2 Å². The Morgan fingerprint density at radius 3 is 2.76 bits per heavy atom. The first-order valence-corrected chi connectivity index (χ1v) is 9.14. The van der Waals surface area contributed by atoms with Gasteiger partial charge in [0, 0.05) is 30.7 Å². The summed E-state index contributed by atoms with van der Waals surface area (Å²) in [6, 6.07) is 5.04. The number of methoxy groups -OCH3 is 1. The summed E-state index contributed by atoms with van der Waals surface area (Å²) >= 11 is 3.36. The van der Waals surface area contributed by atoms with Gasteiger partial charge in [-0.25, -0.2) is 8.42 Å². The largest absolute Gasteiger partial charge is 0.381 e. The molecule has 0 aliphatic carbocycles.